The highest BCUT2D eigenvalue weighted by molar-refractivity contribution is 6.01. The molecule has 0 unspecified atom stereocenters. The van der Waals surface area contributed by atoms with Crippen LogP contribution in [0.25, 0.3) is 5.57 Å². The Balaban J connectivity index is 2.26. The number of aliphatic carboxylic acids is 1. The lowest BCUT2D eigenvalue weighted by molar-refractivity contribution is -0.131. The number of anilines is 1. The summed E-state index contributed by atoms with van der Waals surface area (Å²) < 4.78 is 0. The Labute approximate surface area is 111 Å². The molecule has 0 aliphatic carbocycles. The molecule has 1 aliphatic heterocycles. The second kappa shape index (κ2) is 5.10. The van der Waals surface area contributed by atoms with Gasteiger partial charge in [0, 0.05) is 18.8 Å². The summed E-state index contributed by atoms with van der Waals surface area (Å²) in [6, 6.07) is 5.85. The minimum absolute atomic E-state index is 0.0968. The van der Waals surface area contributed by atoms with Crippen LogP contribution in [0.15, 0.2) is 36.4 Å². The quantitative estimate of drug-likeness (QED) is 0.667. The van der Waals surface area contributed by atoms with Gasteiger partial charge in [0.15, 0.2) is 0 Å². The molecule has 1 N–H and O–H groups in total. The zero-order valence-electron chi connectivity index (χ0n) is 10.9. The molecule has 4 nitrogen and oxygen atoms in total. The maximum absolute atomic E-state index is 11.6. The summed E-state index contributed by atoms with van der Waals surface area (Å²) in [6.45, 7) is 1.91. The van der Waals surface area contributed by atoms with Crippen LogP contribution < -0.4 is 4.90 Å². The number of fused-ring (bicyclic) bond motifs is 1. The Morgan fingerprint density at radius 3 is 2.84 bits per heavy atom. The van der Waals surface area contributed by atoms with Crippen molar-refractivity contribution in [3.05, 3.63) is 47.6 Å². The summed E-state index contributed by atoms with van der Waals surface area (Å²) in [7, 11) is 1.77. The number of carbonyl (C=O) groups is 2. The molecule has 0 atom stereocenters. The Bertz CT molecular complexity index is 599. The molecule has 0 saturated heterocycles. The summed E-state index contributed by atoms with van der Waals surface area (Å²) in [6.07, 6.45) is 4.77. The van der Waals surface area contributed by atoms with E-state index in [1.807, 2.05) is 25.1 Å². The van der Waals surface area contributed by atoms with Gasteiger partial charge in [-0.2, -0.15) is 0 Å². The molecule has 1 aromatic carbocycles. The molecule has 1 aromatic rings. The third-order valence-electron chi connectivity index (χ3n) is 3.20. The molecular formula is C15H15NO3. The van der Waals surface area contributed by atoms with Gasteiger partial charge >= 0.3 is 5.97 Å². The maximum atomic E-state index is 11.6. The van der Waals surface area contributed by atoms with Gasteiger partial charge in [-0.25, -0.2) is 4.79 Å². The molecule has 0 radical (unpaired) electrons. The van der Waals surface area contributed by atoms with Crippen molar-refractivity contribution in [2.45, 2.75) is 13.3 Å². The zero-order valence-corrected chi connectivity index (χ0v) is 10.9. The van der Waals surface area contributed by atoms with E-state index in [4.69, 9.17) is 5.11 Å². The van der Waals surface area contributed by atoms with E-state index >= 15 is 0 Å². The van der Waals surface area contributed by atoms with Gasteiger partial charge in [0.05, 0.1) is 6.42 Å². The Morgan fingerprint density at radius 2 is 2.16 bits per heavy atom. The first kappa shape index (κ1) is 13.1. The number of carbonyl (C=O) groups excluding carboxylic acids is 1. The highest BCUT2D eigenvalue weighted by Gasteiger charge is 2.23. The van der Waals surface area contributed by atoms with Gasteiger partial charge in [-0.3, -0.25) is 4.79 Å². The number of carboxylic acid groups (broad SMARTS) is 1. The maximum Gasteiger partial charge on any atom is 0.328 e. The van der Waals surface area contributed by atoms with Gasteiger partial charge in [-0.05, 0) is 35.8 Å². The van der Waals surface area contributed by atoms with Crippen LogP contribution in [0.5, 0.6) is 0 Å². The van der Waals surface area contributed by atoms with Gasteiger partial charge in [0.25, 0.3) is 0 Å². The van der Waals surface area contributed by atoms with Crippen molar-refractivity contribution in [1.82, 2.24) is 0 Å². The SMILES string of the molecule is C/C(=C\C=C\C(=O)O)c1ccc2c(c1)CC(=O)N2C. The number of likely N-dealkylation sites (N-methyl/N-ethyl adjacent to an activating group) is 1. The molecule has 0 saturated carbocycles. The fourth-order valence-corrected chi connectivity index (χ4v) is 2.09. The fourth-order valence-electron chi connectivity index (χ4n) is 2.09. The number of carboxylic acids is 1. The van der Waals surface area contributed by atoms with Gasteiger partial charge in [-0.1, -0.05) is 18.2 Å². The van der Waals surface area contributed by atoms with E-state index in [9.17, 15) is 9.59 Å². The summed E-state index contributed by atoms with van der Waals surface area (Å²) >= 11 is 0. The number of hydrogen-bond acceptors (Lipinski definition) is 2. The number of amides is 1. The second-order valence-corrected chi connectivity index (χ2v) is 4.52. The van der Waals surface area contributed by atoms with Crippen molar-refractivity contribution in [3.63, 3.8) is 0 Å². The minimum Gasteiger partial charge on any atom is -0.478 e. The third kappa shape index (κ3) is 2.73. The molecule has 1 amide bonds. The second-order valence-electron chi connectivity index (χ2n) is 4.52. The van der Waals surface area contributed by atoms with Crippen molar-refractivity contribution >= 4 is 23.1 Å². The topological polar surface area (TPSA) is 57.6 Å². The van der Waals surface area contributed by atoms with Gasteiger partial charge in [0.2, 0.25) is 5.91 Å². The van der Waals surface area contributed by atoms with Crippen LogP contribution in [-0.2, 0) is 16.0 Å². The van der Waals surface area contributed by atoms with Crippen LogP contribution in [-0.4, -0.2) is 24.0 Å². The Hall–Kier alpha value is -2.36. The first-order chi connectivity index (χ1) is 8.99. The number of benzene rings is 1. The van der Waals surface area contributed by atoms with Crippen molar-refractivity contribution in [3.8, 4) is 0 Å². The van der Waals surface area contributed by atoms with Crippen molar-refractivity contribution in [2.75, 3.05) is 11.9 Å². The number of hydrogen-bond donors (Lipinski definition) is 1. The smallest absolute Gasteiger partial charge is 0.328 e. The summed E-state index contributed by atoms with van der Waals surface area (Å²) in [4.78, 5) is 23.6. The number of rotatable bonds is 3. The van der Waals surface area contributed by atoms with E-state index in [2.05, 4.69) is 0 Å². The van der Waals surface area contributed by atoms with Crippen LogP contribution in [0.1, 0.15) is 18.1 Å². The molecule has 0 aromatic heterocycles. The van der Waals surface area contributed by atoms with E-state index in [-0.39, 0.29) is 5.91 Å². The van der Waals surface area contributed by atoms with Gasteiger partial charge in [0.1, 0.15) is 0 Å². The highest BCUT2D eigenvalue weighted by Crippen LogP contribution is 2.30. The van der Waals surface area contributed by atoms with Crippen LogP contribution in [0, 0.1) is 0 Å². The zero-order chi connectivity index (χ0) is 14.0. The standard InChI is InChI=1S/C15H15NO3/c1-10(4-3-5-15(18)19)11-6-7-13-12(8-11)9-14(17)16(13)2/h3-8H,9H2,1-2H3,(H,18,19)/b5-3+,10-4+. The number of nitrogens with zero attached hydrogens (tertiary/aromatic N) is 1. The van der Waals surface area contributed by atoms with E-state index in [0.717, 1.165) is 28.5 Å². The molecule has 19 heavy (non-hydrogen) atoms. The molecule has 0 fully saturated rings. The predicted octanol–water partition coefficient (Wildman–Crippen LogP) is 2.25. The molecule has 1 heterocycles. The first-order valence-electron chi connectivity index (χ1n) is 5.97. The molecule has 0 bridgehead atoms. The van der Waals surface area contributed by atoms with E-state index in [0.29, 0.717) is 6.42 Å². The van der Waals surface area contributed by atoms with E-state index < -0.39 is 5.97 Å². The lowest BCUT2D eigenvalue weighted by Crippen LogP contribution is -2.20. The van der Waals surface area contributed by atoms with Crippen LogP contribution in [0.2, 0.25) is 0 Å². The molecule has 0 spiro atoms. The first-order valence-corrected chi connectivity index (χ1v) is 5.97. The monoisotopic (exact) mass is 257 g/mol. The van der Waals surface area contributed by atoms with Crippen LogP contribution in [0.3, 0.4) is 0 Å². The average Bonchev–Trinajstić information content (AvgIpc) is 2.64. The average molecular weight is 257 g/mol. The lowest BCUT2D eigenvalue weighted by atomic mass is 10.0. The van der Waals surface area contributed by atoms with Crippen LogP contribution >= 0.6 is 0 Å². The van der Waals surface area contributed by atoms with Crippen molar-refractivity contribution in [2.24, 2.45) is 0 Å². The molecule has 98 valence electrons. The molecule has 4 heteroatoms. The molecule has 1 aliphatic rings. The Kier molecular flexibility index (Phi) is 3.51. The largest absolute Gasteiger partial charge is 0.478 e. The predicted molar refractivity (Wildman–Crippen MR) is 74.0 cm³/mol. The molecule has 2 rings (SSSR count). The fraction of sp³-hybridized carbons (Fsp3) is 0.200. The van der Waals surface area contributed by atoms with Gasteiger partial charge in [-0.15, -0.1) is 0 Å². The van der Waals surface area contributed by atoms with Gasteiger partial charge < -0.3 is 10.0 Å². The minimum atomic E-state index is -0.967. The summed E-state index contributed by atoms with van der Waals surface area (Å²) in [5, 5.41) is 8.52. The highest BCUT2D eigenvalue weighted by atomic mass is 16.4. The summed E-state index contributed by atoms with van der Waals surface area (Å²) in [5.41, 5.74) is 3.92. The van der Waals surface area contributed by atoms with Crippen LogP contribution in [0.4, 0.5) is 5.69 Å². The lowest BCUT2D eigenvalue weighted by Gasteiger charge is -2.10. The summed E-state index contributed by atoms with van der Waals surface area (Å²) in [5.74, 6) is -0.871. The van der Waals surface area contributed by atoms with E-state index in [1.54, 1.807) is 18.0 Å². The number of allylic oxidation sites excluding steroid dienone is 3. The third-order valence-corrected chi connectivity index (χ3v) is 3.20. The van der Waals surface area contributed by atoms with Crippen molar-refractivity contribution < 1.29 is 14.7 Å². The Morgan fingerprint density at radius 1 is 1.42 bits per heavy atom. The normalized spacial score (nSPS) is 15.2. The molecular weight excluding hydrogens is 242 g/mol. The van der Waals surface area contributed by atoms with Crippen molar-refractivity contribution in [1.29, 1.82) is 0 Å². The van der Waals surface area contributed by atoms with E-state index in [1.165, 1.54) is 6.08 Å².